The summed E-state index contributed by atoms with van der Waals surface area (Å²) < 4.78 is 45.4. The molecular weight excluding hydrogens is 303 g/mol. The van der Waals surface area contributed by atoms with Crippen molar-refractivity contribution in [2.45, 2.75) is 26.2 Å². The number of unbranched alkanes of at least 4 members (excludes halogenated alkanes) is 2. The second-order valence-corrected chi connectivity index (χ2v) is 4.83. The van der Waals surface area contributed by atoms with Gasteiger partial charge in [0.25, 0.3) is 0 Å². The van der Waals surface area contributed by atoms with Gasteiger partial charge in [0, 0.05) is 0 Å². The van der Waals surface area contributed by atoms with E-state index in [4.69, 9.17) is 4.74 Å². The van der Waals surface area contributed by atoms with Crippen LogP contribution in [-0.4, -0.2) is 13.6 Å². The fraction of sp³-hybridized carbons (Fsp3) is 0.333. The van der Waals surface area contributed by atoms with Gasteiger partial charge in [0.1, 0.15) is 0 Å². The minimum atomic E-state index is -5.10. The van der Waals surface area contributed by atoms with Crippen LogP contribution < -0.4 is 61.6 Å². The molecule has 0 amide bonds. The molecule has 0 N–H and O–H groups in total. The van der Waals surface area contributed by atoms with E-state index in [0.717, 1.165) is 19.3 Å². The summed E-state index contributed by atoms with van der Waals surface area (Å²) in [5.74, 6) is -0.0488. The van der Waals surface area contributed by atoms with E-state index in [1.807, 2.05) is 6.92 Å². The molecule has 0 aliphatic heterocycles. The summed E-state index contributed by atoms with van der Waals surface area (Å²) in [6.07, 6.45) is 2.74. The van der Waals surface area contributed by atoms with E-state index in [9.17, 15) is 12.9 Å². The van der Waals surface area contributed by atoms with E-state index in [2.05, 4.69) is 0 Å². The van der Waals surface area contributed by atoms with E-state index in [-0.39, 0.29) is 62.5 Å². The first-order chi connectivity index (χ1) is 9.54. The zero-order valence-corrected chi connectivity index (χ0v) is 15.5. The summed E-state index contributed by atoms with van der Waals surface area (Å²) in [6, 6.07) is 9.64. The first-order valence-electron chi connectivity index (χ1n) is 6.88. The summed E-state index contributed by atoms with van der Waals surface area (Å²) in [5, 5.41) is 0.801. The van der Waals surface area contributed by atoms with Crippen molar-refractivity contribution in [3.05, 3.63) is 36.4 Å². The number of halogens is 3. The van der Waals surface area contributed by atoms with Crippen molar-refractivity contribution in [3.63, 3.8) is 0 Å². The molecule has 6 heteroatoms. The molecule has 1 nitrogen and oxygen atoms in total. The minimum Gasteiger partial charge on any atom is -0.497 e. The Morgan fingerprint density at radius 2 is 1.71 bits per heavy atom. The van der Waals surface area contributed by atoms with Crippen LogP contribution in [0.5, 0.6) is 5.75 Å². The fourth-order valence-corrected chi connectivity index (χ4v) is 2.27. The van der Waals surface area contributed by atoms with Crippen molar-refractivity contribution < 1.29 is 69.1 Å². The first-order valence-corrected chi connectivity index (χ1v) is 6.88. The SMILES string of the molecule is CCCCCOc1ccc2ccccc2c1[B-](F)(F)F.[K+]. The quantitative estimate of drug-likeness (QED) is 0.579. The number of fused-ring (bicyclic) bond motifs is 1. The van der Waals surface area contributed by atoms with Crippen molar-refractivity contribution in [1.82, 2.24) is 0 Å². The summed E-state index contributed by atoms with van der Waals surface area (Å²) in [4.78, 5) is 0. The third kappa shape index (κ3) is 5.00. The molecule has 0 heterocycles. The molecule has 0 saturated heterocycles. The third-order valence-corrected chi connectivity index (χ3v) is 3.26. The molecule has 21 heavy (non-hydrogen) atoms. The van der Waals surface area contributed by atoms with Gasteiger partial charge >= 0.3 is 58.4 Å². The van der Waals surface area contributed by atoms with E-state index < -0.39 is 12.4 Å². The van der Waals surface area contributed by atoms with Crippen molar-refractivity contribution in [2.75, 3.05) is 6.61 Å². The molecule has 0 bridgehead atoms. The largest absolute Gasteiger partial charge is 1.00 e. The van der Waals surface area contributed by atoms with Gasteiger partial charge in [0.2, 0.25) is 0 Å². The molecule has 0 unspecified atom stereocenters. The van der Waals surface area contributed by atoms with Gasteiger partial charge in [-0.2, -0.15) is 0 Å². The van der Waals surface area contributed by atoms with E-state index in [1.165, 1.54) is 12.1 Å². The van der Waals surface area contributed by atoms with Crippen LogP contribution in [-0.2, 0) is 0 Å². The minimum absolute atomic E-state index is 0. The Bertz CT molecular complexity index is 587. The van der Waals surface area contributed by atoms with E-state index >= 15 is 0 Å². The molecular formula is C15H17BF3KO. The molecule has 2 aromatic rings. The third-order valence-electron chi connectivity index (χ3n) is 3.26. The van der Waals surface area contributed by atoms with Crippen LogP contribution >= 0.6 is 0 Å². The Labute approximate surface area is 165 Å². The Hall–Kier alpha value is -0.00870. The molecule has 0 saturated carbocycles. The Morgan fingerprint density at radius 3 is 2.38 bits per heavy atom. The summed E-state index contributed by atoms with van der Waals surface area (Å²) in [5.41, 5.74) is -0.611. The average Bonchev–Trinajstić information content (AvgIpc) is 2.41. The predicted molar refractivity (Wildman–Crippen MR) is 77.7 cm³/mol. The monoisotopic (exact) mass is 320 g/mol. The molecule has 0 radical (unpaired) electrons. The van der Waals surface area contributed by atoms with E-state index in [0.29, 0.717) is 12.0 Å². The standard InChI is InChI=1S/C15H17BF3O.K/c1-2-3-6-11-20-14-10-9-12-7-4-5-8-13(12)15(14)16(17,18)19;/h4-5,7-10H,2-3,6,11H2,1H3;/q-1;+1. The van der Waals surface area contributed by atoms with Gasteiger partial charge in [-0.1, -0.05) is 55.6 Å². The maximum absolute atomic E-state index is 13.3. The molecule has 0 aliphatic carbocycles. The Balaban J connectivity index is 0.00000220. The zero-order chi connectivity index (χ0) is 14.6. The number of hydrogen-bond acceptors (Lipinski definition) is 1. The fourth-order valence-electron chi connectivity index (χ4n) is 2.27. The molecule has 2 aromatic carbocycles. The molecule has 0 atom stereocenters. The predicted octanol–water partition coefficient (Wildman–Crippen LogP) is 1.47. The van der Waals surface area contributed by atoms with Gasteiger partial charge in [-0.25, -0.2) is 0 Å². The summed E-state index contributed by atoms with van der Waals surface area (Å²) in [7, 11) is 0. The van der Waals surface area contributed by atoms with Gasteiger partial charge in [-0.05, 0) is 23.3 Å². The van der Waals surface area contributed by atoms with Gasteiger partial charge in [-0.3, -0.25) is 0 Å². The van der Waals surface area contributed by atoms with Gasteiger partial charge in [-0.15, -0.1) is 0 Å². The van der Waals surface area contributed by atoms with Crippen molar-refractivity contribution >= 4 is 23.2 Å². The maximum Gasteiger partial charge on any atom is 1.00 e. The van der Waals surface area contributed by atoms with Crippen LogP contribution in [0.2, 0.25) is 0 Å². The van der Waals surface area contributed by atoms with Crippen LogP contribution in [0.3, 0.4) is 0 Å². The van der Waals surface area contributed by atoms with Crippen molar-refractivity contribution in [1.29, 1.82) is 0 Å². The van der Waals surface area contributed by atoms with Crippen LogP contribution in [0.1, 0.15) is 26.2 Å². The number of hydrogen-bond donors (Lipinski definition) is 0. The second kappa shape index (κ2) is 8.58. The van der Waals surface area contributed by atoms with Crippen LogP contribution in [0.15, 0.2) is 36.4 Å². The van der Waals surface area contributed by atoms with Crippen molar-refractivity contribution in [3.8, 4) is 5.75 Å². The summed E-state index contributed by atoms with van der Waals surface area (Å²) in [6.45, 7) is -2.73. The normalized spacial score (nSPS) is 11.2. The molecule has 0 fully saturated rings. The number of ether oxygens (including phenoxy) is 1. The van der Waals surface area contributed by atoms with Crippen LogP contribution in [0.25, 0.3) is 10.8 Å². The number of rotatable bonds is 6. The van der Waals surface area contributed by atoms with Crippen molar-refractivity contribution in [2.24, 2.45) is 0 Å². The number of benzene rings is 2. The van der Waals surface area contributed by atoms with E-state index in [1.54, 1.807) is 24.3 Å². The second-order valence-electron chi connectivity index (χ2n) is 4.83. The molecule has 0 aliphatic rings. The topological polar surface area (TPSA) is 9.23 Å². The Morgan fingerprint density at radius 1 is 1.00 bits per heavy atom. The Kier molecular flexibility index (Phi) is 7.78. The van der Waals surface area contributed by atoms with Crippen LogP contribution in [0.4, 0.5) is 12.9 Å². The maximum atomic E-state index is 13.3. The molecule has 0 aromatic heterocycles. The average molecular weight is 320 g/mol. The smallest absolute Gasteiger partial charge is 0.497 e. The first kappa shape index (κ1) is 19.0. The van der Waals surface area contributed by atoms with Gasteiger partial charge in [0.05, 0.1) is 12.4 Å². The zero-order valence-electron chi connectivity index (χ0n) is 12.4. The molecule has 2 rings (SSSR count). The van der Waals surface area contributed by atoms with Gasteiger partial charge in [0.15, 0.2) is 0 Å². The molecule has 0 spiro atoms. The molecule has 108 valence electrons. The van der Waals surface area contributed by atoms with Gasteiger partial charge < -0.3 is 17.7 Å². The summed E-state index contributed by atoms with van der Waals surface area (Å²) >= 11 is 0. The van der Waals surface area contributed by atoms with Crippen LogP contribution in [0, 0.1) is 0 Å².